The van der Waals surface area contributed by atoms with Crippen molar-refractivity contribution in [2.75, 3.05) is 5.32 Å². The average molecular weight is 218 g/mol. The molecule has 4 heteroatoms. The molecular formula is C12H18N4. The second-order valence-electron chi connectivity index (χ2n) is 4.19. The van der Waals surface area contributed by atoms with Crippen LogP contribution >= 0.6 is 0 Å². The molecule has 0 aromatic heterocycles. The van der Waals surface area contributed by atoms with Gasteiger partial charge in [0.25, 0.3) is 0 Å². The van der Waals surface area contributed by atoms with Crippen molar-refractivity contribution in [3.8, 4) is 0 Å². The normalized spacial score (nSPS) is 18.0. The van der Waals surface area contributed by atoms with Crippen LogP contribution in [0.3, 0.4) is 0 Å². The van der Waals surface area contributed by atoms with Crippen LogP contribution in [0, 0.1) is 5.92 Å². The molecule has 0 saturated heterocycles. The first-order valence-electron chi connectivity index (χ1n) is 5.66. The Morgan fingerprint density at radius 2 is 2.06 bits per heavy atom. The highest BCUT2D eigenvalue weighted by atomic mass is 15.3. The van der Waals surface area contributed by atoms with Crippen LogP contribution in [0.2, 0.25) is 0 Å². The summed E-state index contributed by atoms with van der Waals surface area (Å²) in [6.07, 6.45) is 2.57. The van der Waals surface area contributed by atoms with E-state index < -0.39 is 0 Å². The number of nitrogens with two attached hydrogens (primary N) is 1. The van der Waals surface area contributed by atoms with Gasteiger partial charge in [0.2, 0.25) is 5.96 Å². The fourth-order valence-electron chi connectivity index (χ4n) is 1.65. The topological polar surface area (TPSA) is 62.4 Å². The van der Waals surface area contributed by atoms with Gasteiger partial charge in [0.15, 0.2) is 0 Å². The molecular weight excluding hydrogens is 200 g/mol. The van der Waals surface area contributed by atoms with E-state index in [4.69, 9.17) is 5.84 Å². The number of aliphatic imine (C=N–C) groups is 1. The molecule has 0 spiro atoms. The monoisotopic (exact) mass is 218 g/mol. The molecule has 0 amide bonds. The Morgan fingerprint density at radius 3 is 2.62 bits per heavy atom. The molecule has 4 N–H and O–H groups in total. The first-order valence-corrected chi connectivity index (χ1v) is 5.66. The summed E-state index contributed by atoms with van der Waals surface area (Å²) < 4.78 is 0. The second-order valence-corrected chi connectivity index (χ2v) is 4.19. The predicted octanol–water partition coefficient (Wildman–Crippen LogP) is 1.72. The van der Waals surface area contributed by atoms with E-state index in [2.05, 4.69) is 22.7 Å². The van der Waals surface area contributed by atoms with Crippen LogP contribution in [-0.4, -0.2) is 12.0 Å². The Hall–Kier alpha value is -1.55. The van der Waals surface area contributed by atoms with E-state index in [1.54, 1.807) is 0 Å². The lowest BCUT2D eigenvalue weighted by molar-refractivity contribution is 0.648. The zero-order valence-electron chi connectivity index (χ0n) is 9.48. The Labute approximate surface area is 95.9 Å². The van der Waals surface area contributed by atoms with Crippen molar-refractivity contribution >= 4 is 11.6 Å². The van der Waals surface area contributed by atoms with Gasteiger partial charge in [0.05, 0.1) is 6.04 Å². The number of guanidine groups is 1. The third-order valence-corrected chi connectivity index (χ3v) is 2.81. The van der Waals surface area contributed by atoms with Gasteiger partial charge in [-0.15, -0.1) is 0 Å². The molecule has 1 unspecified atom stereocenters. The van der Waals surface area contributed by atoms with Gasteiger partial charge in [0.1, 0.15) is 0 Å². The van der Waals surface area contributed by atoms with Crippen LogP contribution in [0.5, 0.6) is 0 Å². The van der Waals surface area contributed by atoms with E-state index in [0.717, 1.165) is 11.6 Å². The summed E-state index contributed by atoms with van der Waals surface area (Å²) in [4.78, 5) is 4.52. The number of para-hydroxylation sites is 1. The maximum Gasteiger partial charge on any atom is 0.210 e. The van der Waals surface area contributed by atoms with E-state index >= 15 is 0 Å². The third kappa shape index (κ3) is 2.97. The molecule has 0 radical (unpaired) electrons. The molecule has 86 valence electrons. The van der Waals surface area contributed by atoms with Crippen molar-refractivity contribution in [2.45, 2.75) is 25.8 Å². The fraction of sp³-hybridized carbons (Fsp3) is 0.417. The molecule has 1 aliphatic rings. The van der Waals surface area contributed by atoms with Gasteiger partial charge < -0.3 is 5.32 Å². The van der Waals surface area contributed by atoms with E-state index in [-0.39, 0.29) is 0 Å². The molecule has 1 aromatic carbocycles. The summed E-state index contributed by atoms with van der Waals surface area (Å²) in [5, 5.41) is 3.16. The molecule has 0 heterocycles. The van der Waals surface area contributed by atoms with Crippen LogP contribution in [0.1, 0.15) is 19.8 Å². The quantitative estimate of drug-likeness (QED) is 0.313. The lowest BCUT2D eigenvalue weighted by Gasteiger charge is -2.11. The average Bonchev–Trinajstić information content (AvgIpc) is 3.13. The van der Waals surface area contributed by atoms with E-state index in [9.17, 15) is 0 Å². The Balaban J connectivity index is 1.99. The molecule has 0 bridgehead atoms. The highest BCUT2D eigenvalue weighted by Gasteiger charge is 2.27. The number of hydrogen-bond acceptors (Lipinski definition) is 2. The summed E-state index contributed by atoms with van der Waals surface area (Å²) in [5.41, 5.74) is 3.59. The third-order valence-electron chi connectivity index (χ3n) is 2.81. The molecule has 1 aromatic rings. The first-order chi connectivity index (χ1) is 7.79. The first kappa shape index (κ1) is 11.0. The van der Waals surface area contributed by atoms with Crippen LogP contribution in [0.4, 0.5) is 5.69 Å². The summed E-state index contributed by atoms with van der Waals surface area (Å²) in [7, 11) is 0. The highest BCUT2D eigenvalue weighted by Crippen LogP contribution is 2.34. The molecule has 1 atom stereocenters. The highest BCUT2D eigenvalue weighted by molar-refractivity contribution is 5.93. The van der Waals surface area contributed by atoms with Crippen molar-refractivity contribution in [1.29, 1.82) is 0 Å². The van der Waals surface area contributed by atoms with Crippen molar-refractivity contribution in [1.82, 2.24) is 5.43 Å². The minimum Gasteiger partial charge on any atom is -0.325 e. The summed E-state index contributed by atoms with van der Waals surface area (Å²) in [6.45, 7) is 2.13. The summed E-state index contributed by atoms with van der Waals surface area (Å²) >= 11 is 0. The maximum absolute atomic E-state index is 5.45. The van der Waals surface area contributed by atoms with Crippen molar-refractivity contribution < 1.29 is 0 Å². The van der Waals surface area contributed by atoms with Gasteiger partial charge >= 0.3 is 0 Å². The van der Waals surface area contributed by atoms with Gasteiger partial charge in [-0.05, 0) is 37.8 Å². The number of nitrogens with one attached hydrogen (secondary N) is 2. The molecule has 1 fully saturated rings. The number of benzene rings is 1. The minimum absolute atomic E-state index is 0.335. The van der Waals surface area contributed by atoms with Crippen molar-refractivity contribution in [3.63, 3.8) is 0 Å². The number of nitrogens with zero attached hydrogens (tertiary/aromatic N) is 1. The van der Waals surface area contributed by atoms with Gasteiger partial charge in [0, 0.05) is 5.69 Å². The van der Waals surface area contributed by atoms with E-state index in [0.29, 0.717) is 12.0 Å². The smallest absolute Gasteiger partial charge is 0.210 e. The van der Waals surface area contributed by atoms with Crippen LogP contribution in [0.15, 0.2) is 35.3 Å². The summed E-state index contributed by atoms with van der Waals surface area (Å²) in [5.74, 6) is 6.81. The largest absolute Gasteiger partial charge is 0.325 e. The van der Waals surface area contributed by atoms with Crippen molar-refractivity contribution in [3.05, 3.63) is 30.3 Å². The molecule has 16 heavy (non-hydrogen) atoms. The Morgan fingerprint density at radius 1 is 1.38 bits per heavy atom. The lowest BCUT2D eigenvalue weighted by atomic mass is 10.2. The number of anilines is 1. The van der Waals surface area contributed by atoms with Gasteiger partial charge in [-0.3, -0.25) is 5.43 Å². The van der Waals surface area contributed by atoms with Crippen molar-refractivity contribution in [2.24, 2.45) is 16.8 Å². The van der Waals surface area contributed by atoms with Crippen LogP contribution in [-0.2, 0) is 0 Å². The summed E-state index contributed by atoms with van der Waals surface area (Å²) in [6, 6.07) is 10.2. The zero-order chi connectivity index (χ0) is 11.4. The standard InChI is InChI=1S/C12H18N4/c1-9(10-7-8-10)14-12(16-13)15-11-5-3-2-4-6-11/h2-6,9-10H,7-8,13H2,1H3,(H2,14,15,16). The van der Waals surface area contributed by atoms with Gasteiger partial charge in [-0.1, -0.05) is 18.2 Å². The molecule has 0 aliphatic heterocycles. The number of hydrogen-bond donors (Lipinski definition) is 3. The second kappa shape index (κ2) is 4.99. The van der Waals surface area contributed by atoms with Crippen LogP contribution in [0.25, 0.3) is 0 Å². The SMILES string of the molecule is CC(N=C(NN)Nc1ccccc1)C1CC1. The Kier molecular flexibility index (Phi) is 3.41. The number of hydrazine groups is 1. The molecule has 4 nitrogen and oxygen atoms in total. The van der Waals surface area contributed by atoms with Gasteiger partial charge in [-0.2, -0.15) is 0 Å². The molecule has 2 rings (SSSR count). The molecule has 1 saturated carbocycles. The molecule has 1 aliphatic carbocycles. The lowest BCUT2D eigenvalue weighted by Crippen LogP contribution is -2.37. The van der Waals surface area contributed by atoms with E-state index in [1.807, 2.05) is 30.3 Å². The van der Waals surface area contributed by atoms with Crippen LogP contribution < -0.4 is 16.6 Å². The van der Waals surface area contributed by atoms with Gasteiger partial charge in [-0.25, -0.2) is 10.8 Å². The zero-order valence-corrected chi connectivity index (χ0v) is 9.48. The maximum atomic E-state index is 5.45. The minimum atomic E-state index is 0.335. The predicted molar refractivity (Wildman–Crippen MR) is 67.0 cm³/mol. The van der Waals surface area contributed by atoms with E-state index in [1.165, 1.54) is 12.8 Å². The Bertz CT molecular complexity index is 357. The fourth-order valence-corrected chi connectivity index (χ4v) is 1.65. The number of rotatable bonds is 3.